The molecular formula is C24H34N4O3S. The molecule has 0 bridgehead atoms. The summed E-state index contributed by atoms with van der Waals surface area (Å²) < 4.78 is 26.7. The van der Waals surface area contributed by atoms with Crippen molar-refractivity contribution in [2.24, 2.45) is 0 Å². The van der Waals surface area contributed by atoms with Gasteiger partial charge in [0.1, 0.15) is 0 Å². The number of rotatable bonds is 9. The van der Waals surface area contributed by atoms with Gasteiger partial charge >= 0.3 is 0 Å². The third-order valence-corrected chi connectivity index (χ3v) is 7.99. The van der Waals surface area contributed by atoms with Crippen molar-refractivity contribution in [2.45, 2.75) is 31.6 Å². The van der Waals surface area contributed by atoms with Gasteiger partial charge in [0.2, 0.25) is 15.9 Å². The van der Waals surface area contributed by atoms with Crippen molar-refractivity contribution in [2.75, 3.05) is 56.5 Å². The molecule has 0 aliphatic carbocycles. The van der Waals surface area contributed by atoms with E-state index in [1.165, 1.54) is 4.31 Å². The van der Waals surface area contributed by atoms with E-state index >= 15 is 0 Å². The highest BCUT2D eigenvalue weighted by Gasteiger charge is 2.21. The number of carbonyl (C=O) groups excluding carboxylic acids is 1. The van der Waals surface area contributed by atoms with Crippen LogP contribution in [0.25, 0.3) is 0 Å². The Morgan fingerprint density at radius 3 is 2.22 bits per heavy atom. The minimum atomic E-state index is -3.46. The lowest BCUT2D eigenvalue weighted by Gasteiger charge is -2.35. The summed E-state index contributed by atoms with van der Waals surface area (Å²) in [6.45, 7) is 8.42. The number of para-hydroxylation sites is 2. The van der Waals surface area contributed by atoms with Crippen LogP contribution in [-0.2, 0) is 21.2 Å². The van der Waals surface area contributed by atoms with Crippen LogP contribution in [0.2, 0.25) is 0 Å². The van der Waals surface area contributed by atoms with E-state index in [4.69, 9.17) is 0 Å². The molecule has 0 radical (unpaired) electrons. The number of likely N-dealkylation sites (N-methyl/N-ethyl adjacent to an activating group) is 1. The molecule has 2 aromatic rings. The molecule has 32 heavy (non-hydrogen) atoms. The highest BCUT2D eigenvalue weighted by atomic mass is 32.2. The molecule has 3 rings (SSSR count). The first kappa shape index (κ1) is 24.2. The maximum atomic E-state index is 12.6. The Kier molecular flexibility index (Phi) is 8.28. The number of nitrogens with one attached hydrogen (secondary N) is 1. The monoisotopic (exact) mass is 458 g/mol. The maximum absolute atomic E-state index is 12.6. The molecule has 1 aliphatic heterocycles. The van der Waals surface area contributed by atoms with Crippen LogP contribution < -0.4 is 10.2 Å². The van der Waals surface area contributed by atoms with Gasteiger partial charge < -0.3 is 15.1 Å². The summed E-state index contributed by atoms with van der Waals surface area (Å²) >= 11 is 0. The summed E-state index contributed by atoms with van der Waals surface area (Å²) in [6.07, 6.45) is 0.882. The van der Waals surface area contributed by atoms with Crippen LogP contribution in [0, 0.1) is 0 Å². The third kappa shape index (κ3) is 5.88. The number of benzene rings is 2. The highest BCUT2D eigenvalue weighted by Crippen LogP contribution is 2.27. The Morgan fingerprint density at radius 1 is 0.969 bits per heavy atom. The van der Waals surface area contributed by atoms with Crippen LogP contribution >= 0.6 is 0 Å². The molecule has 1 amide bonds. The molecule has 0 unspecified atom stereocenters. The van der Waals surface area contributed by atoms with Gasteiger partial charge in [0.05, 0.1) is 16.3 Å². The third-order valence-electron chi connectivity index (χ3n) is 5.93. The van der Waals surface area contributed by atoms with Gasteiger partial charge in [-0.3, -0.25) is 4.79 Å². The van der Waals surface area contributed by atoms with Crippen molar-refractivity contribution in [1.82, 2.24) is 9.21 Å². The predicted octanol–water partition coefficient (Wildman–Crippen LogP) is 3.04. The lowest BCUT2D eigenvalue weighted by atomic mass is 10.1. The zero-order valence-corrected chi connectivity index (χ0v) is 20.1. The Morgan fingerprint density at radius 2 is 1.59 bits per heavy atom. The van der Waals surface area contributed by atoms with Crippen molar-refractivity contribution in [3.05, 3.63) is 54.1 Å². The summed E-state index contributed by atoms with van der Waals surface area (Å²) in [5.74, 6) is -0.0496. The van der Waals surface area contributed by atoms with Gasteiger partial charge in [-0.05, 0) is 43.3 Å². The molecule has 174 valence electrons. The number of anilines is 2. The molecule has 2 aromatic carbocycles. The molecule has 1 saturated heterocycles. The van der Waals surface area contributed by atoms with Gasteiger partial charge in [-0.1, -0.05) is 38.1 Å². The number of hydrogen-bond donors (Lipinski definition) is 1. The van der Waals surface area contributed by atoms with Crippen LogP contribution in [0.15, 0.2) is 53.4 Å². The zero-order chi connectivity index (χ0) is 23.1. The fourth-order valence-electron chi connectivity index (χ4n) is 3.91. The minimum absolute atomic E-state index is 0.0496. The molecule has 1 fully saturated rings. The Bertz CT molecular complexity index is 996. The Balaban J connectivity index is 1.59. The zero-order valence-electron chi connectivity index (χ0n) is 19.3. The molecule has 1 N–H and O–H groups in total. The van der Waals surface area contributed by atoms with Crippen LogP contribution in [0.4, 0.5) is 11.4 Å². The molecule has 0 atom stereocenters. The lowest BCUT2D eigenvalue weighted by molar-refractivity contribution is -0.116. The van der Waals surface area contributed by atoms with Crippen molar-refractivity contribution in [3.8, 4) is 0 Å². The number of carbonyl (C=O) groups is 1. The molecule has 7 nitrogen and oxygen atoms in total. The van der Waals surface area contributed by atoms with E-state index in [2.05, 4.69) is 28.2 Å². The van der Waals surface area contributed by atoms with Gasteiger partial charge in [-0.15, -0.1) is 0 Å². The maximum Gasteiger partial charge on any atom is 0.243 e. The molecule has 1 heterocycles. The molecular weight excluding hydrogens is 424 g/mol. The number of piperazine rings is 1. The first-order valence-corrected chi connectivity index (χ1v) is 12.7. The second-order valence-electron chi connectivity index (χ2n) is 8.09. The van der Waals surface area contributed by atoms with E-state index in [0.717, 1.165) is 43.1 Å². The summed E-state index contributed by atoms with van der Waals surface area (Å²) in [5.41, 5.74) is 2.83. The highest BCUT2D eigenvalue weighted by molar-refractivity contribution is 7.89. The van der Waals surface area contributed by atoms with Crippen LogP contribution in [0.5, 0.6) is 0 Å². The standard InChI is InChI=1S/C24H34N4O3S/c1-4-28(5-2)32(30,31)21-13-10-20(11-14-21)12-15-24(29)25-22-8-6-7-9-23(22)27-18-16-26(3)17-19-27/h6-11,13-14H,4-5,12,15-19H2,1-3H3,(H,25,29). The minimum Gasteiger partial charge on any atom is -0.367 e. The predicted molar refractivity (Wildman–Crippen MR) is 130 cm³/mol. The quantitative estimate of drug-likeness (QED) is 0.625. The first-order valence-electron chi connectivity index (χ1n) is 11.3. The van der Waals surface area contributed by atoms with Crippen molar-refractivity contribution in [1.29, 1.82) is 0 Å². The number of aryl methyl sites for hydroxylation is 1. The Hall–Kier alpha value is -2.42. The average Bonchev–Trinajstić information content (AvgIpc) is 2.80. The molecule has 0 spiro atoms. The fraction of sp³-hybridized carbons (Fsp3) is 0.458. The molecule has 0 saturated carbocycles. The number of hydrogen-bond acceptors (Lipinski definition) is 5. The summed E-state index contributed by atoms with van der Waals surface area (Å²) in [4.78, 5) is 17.5. The Labute approximate surface area is 192 Å². The average molecular weight is 459 g/mol. The SMILES string of the molecule is CCN(CC)S(=O)(=O)c1ccc(CCC(=O)Nc2ccccc2N2CCN(C)CC2)cc1. The number of sulfonamides is 1. The topological polar surface area (TPSA) is 73.0 Å². The van der Waals surface area contributed by atoms with Gasteiger partial charge in [0, 0.05) is 45.7 Å². The van der Waals surface area contributed by atoms with E-state index in [9.17, 15) is 13.2 Å². The second kappa shape index (κ2) is 10.9. The summed E-state index contributed by atoms with van der Waals surface area (Å²) in [6, 6.07) is 14.8. The largest absolute Gasteiger partial charge is 0.367 e. The van der Waals surface area contributed by atoms with Gasteiger partial charge in [0.25, 0.3) is 0 Å². The van der Waals surface area contributed by atoms with Gasteiger partial charge in [-0.25, -0.2) is 8.42 Å². The molecule has 0 aromatic heterocycles. The van der Waals surface area contributed by atoms with Gasteiger partial charge in [-0.2, -0.15) is 4.31 Å². The number of amides is 1. The fourth-order valence-corrected chi connectivity index (χ4v) is 5.37. The van der Waals surface area contributed by atoms with Crippen LogP contribution in [0.1, 0.15) is 25.8 Å². The number of nitrogens with zero attached hydrogens (tertiary/aromatic N) is 3. The molecule has 8 heteroatoms. The van der Waals surface area contributed by atoms with E-state index in [1.807, 2.05) is 32.0 Å². The van der Waals surface area contributed by atoms with E-state index in [0.29, 0.717) is 25.9 Å². The second-order valence-corrected chi connectivity index (χ2v) is 10.0. The normalized spacial score (nSPS) is 15.2. The summed E-state index contributed by atoms with van der Waals surface area (Å²) in [7, 11) is -1.34. The van der Waals surface area contributed by atoms with E-state index in [-0.39, 0.29) is 10.8 Å². The summed E-state index contributed by atoms with van der Waals surface area (Å²) in [5, 5.41) is 3.06. The van der Waals surface area contributed by atoms with E-state index < -0.39 is 10.0 Å². The van der Waals surface area contributed by atoms with Crippen molar-refractivity contribution in [3.63, 3.8) is 0 Å². The van der Waals surface area contributed by atoms with Crippen molar-refractivity contribution >= 4 is 27.3 Å². The van der Waals surface area contributed by atoms with Crippen molar-refractivity contribution < 1.29 is 13.2 Å². The van der Waals surface area contributed by atoms with E-state index in [1.54, 1.807) is 24.3 Å². The first-order chi connectivity index (χ1) is 15.3. The van der Waals surface area contributed by atoms with Crippen LogP contribution in [0.3, 0.4) is 0 Å². The molecule has 1 aliphatic rings. The smallest absolute Gasteiger partial charge is 0.243 e. The van der Waals surface area contributed by atoms with Gasteiger partial charge in [0.15, 0.2) is 0 Å². The van der Waals surface area contributed by atoms with Crippen LogP contribution in [-0.4, -0.2) is 69.8 Å². The lowest BCUT2D eigenvalue weighted by Crippen LogP contribution is -2.44.